The van der Waals surface area contributed by atoms with Gasteiger partial charge in [-0.05, 0) is 20.3 Å². The van der Waals surface area contributed by atoms with Crippen LogP contribution in [0.1, 0.15) is 111 Å². The second kappa shape index (κ2) is 16.0. The van der Waals surface area contributed by atoms with E-state index < -0.39 is 50.9 Å². The molecule has 2 rings (SSSR count). The van der Waals surface area contributed by atoms with Crippen molar-refractivity contribution in [2.75, 3.05) is 13.2 Å². The summed E-state index contributed by atoms with van der Waals surface area (Å²) in [7, 11) is -4.42. The Morgan fingerprint density at radius 2 is 1.40 bits per heavy atom. The lowest BCUT2D eigenvalue weighted by Gasteiger charge is -2.28. The highest BCUT2D eigenvalue weighted by Crippen LogP contribution is 2.50. The SMILES string of the molecule is CCCCCCCCCCCCCCCCOP(=O)(O)O[C@@H]1[C@H]2OC(C)(C)O[C@H]2O[C@@H]1[C@H](O)CO. The van der Waals surface area contributed by atoms with Crippen LogP contribution in [-0.4, -0.2) is 64.8 Å². The molecule has 0 aromatic heterocycles. The van der Waals surface area contributed by atoms with Crippen molar-refractivity contribution in [3.63, 3.8) is 0 Å². The first-order valence-electron chi connectivity index (χ1n) is 13.6. The molecule has 9 nitrogen and oxygen atoms in total. The van der Waals surface area contributed by atoms with Gasteiger partial charge >= 0.3 is 7.82 Å². The molecule has 0 saturated carbocycles. The summed E-state index contributed by atoms with van der Waals surface area (Å²) in [6.07, 6.45) is 11.9. The van der Waals surface area contributed by atoms with E-state index in [0.717, 1.165) is 12.8 Å². The maximum absolute atomic E-state index is 12.5. The molecule has 0 aromatic carbocycles. The molecule has 208 valence electrons. The van der Waals surface area contributed by atoms with Gasteiger partial charge in [-0.2, -0.15) is 0 Å². The lowest BCUT2D eigenvalue weighted by Crippen LogP contribution is -2.43. The Hall–Kier alpha value is -0.0900. The molecule has 2 heterocycles. The summed E-state index contributed by atoms with van der Waals surface area (Å²) in [5, 5.41) is 19.3. The average molecular weight is 525 g/mol. The molecule has 0 bridgehead atoms. The van der Waals surface area contributed by atoms with Gasteiger partial charge in [0, 0.05) is 0 Å². The summed E-state index contributed by atoms with van der Waals surface area (Å²) in [6, 6.07) is 0. The summed E-state index contributed by atoms with van der Waals surface area (Å²) in [5.41, 5.74) is 0. The van der Waals surface area contributed by atoms with E-state index in [1.54, 1.807) is 13.8 Å². The zero-order valence-corrected chi connectivity index (χ0v) is 22.8. The summed E-state index contributed by atoms with van der Waals surface area (Å²) >= 11 is 0. The fraction of sp³-hybridized carbons (Fsp3) is 1.00. The smallest absolute Gasteiger partial charge is 0.394 e. The number of aliphatic hydroxyl groups is 2. The molecule has 0 aromatic rings. The molecule has 2 aliphatic rings. The number of ether oxygens (including phenoxy) is 3. The molecule has 0 aliphatic carbocycles. The third kappa shape index (κ3) is 11.5. The quantitative estimate of drug-likeness (QED) is 0.146. The highest BCUT2D eigenvalue weighted by molar-refractivity contribution is 7.47. The fourth-order valence-electron chi connectivity index (χ4n) is 4.70. The van der Waals surface area contributed by atoms with Crippen LogP contribution in [-0.2, 0) is 27.8 Å². The lowest BCUT2D eigenvalue weighted by molar-refractivity contribution is -0.226. The molecule has 0 amide bonds. The van der Waals surface area contributed by atoms with Crippen molar-refractivity contribution in [2.24, 2.45) is 0 Å². The molecular formula is C25H49O9P. The Balaban J connectivity index is 1.56. The number of aliphatic hydroxyl groups excluding tert-OH is 2. The minimum absolute atomic E-state index is 0.101. The van der Waals surface area contributed by atoms with Gasteiger partial charge < -0.3 is 29.3 Å². The number of rotatable bonds is 20. The fourth-order valence-corrected chi connectivity index (χ4v) is 5.67. The first kappa shape index (κ1) is 31.1. The van der Waals surface area contributed by atoms with Crippen molar-refractivity contribution in [2.45, 2.75) is 147 Å². The van der Waals surface area contributed by atoms with E-state index in [2.05, 4.69) is 6.92 Å². The third-order valence-corrected chi connectivity index (χ3v) is 7.62. The zero-order chi connectivity index (χ0) is 25.7. The van der Waals surface area contributed by atoms with Crippen LogP contribution in [0.25, 0.3) is 0 Å². The summed E-state index contributed by atoms with van der Waals surface area (Å²) in [6.45, 7) is 5.13. The van der Waals surface area contributed by atoms with E-state index in [-0.39, 0.29) is 6.61 Å². The minimum atomic E-state index is -4.42. The van der Waals surface area contributed by atoms with Crippen LogP contribution in [0.2, 0.25) is 0 Å². The normalized spacial score (nSPS) is 28.2. The minimum Gasteiger partial charge on any atom is -0.394 e. The molecule has 0 spiro atoms. The third-order valence-electron chi connectivity index (χ3n) is 6.60. The zero-order valence-electron chi connectivity index (χ0n) is 21.9. The molecule has 2 saturated heterocycles. The summed E-state index contributed by atoms with van der Waals surface area (Å²) in [5.74, 6) is -0.958. The Morgan fingerprint density at radius 1 is 0.886 bits per heavy atom. The monoisotopic (exact) mass is 524 g/mol. The van der Waals surface area contributed by atoms with E-state index in [0.29, 0.717) is 6.42 Å². The molecule has 6 atom stereocenters. The number of hydrogen-bond donors (Lipinski definition) is 3. The van der Waals surface area contributed by atoms with Gasteiger partial charge in [0.05, 0.1) is 13.2 Å². The molecule has 1 unspecified atom stereocenters. The maximum atomic E-state index is 12.5. The van der Waals surface area contributed by atoms with Crippen LogP contribution in [0.5, 0.6) is 0 Å². The lowest BCUT2D eigenvalue weighted by atomic mass is 10.0. The predicted octanol–water partition coefficient (Wildman–Crippen LogP) is 5.20. The maximum Gasteiger partial charge on any atom is 0.472 e. The number of hydrogen-bond acceptors (Lipinski definition) is 8. The molecule has 2 fully saturated rings. The van der Waals surface area contributed by atoms with Crippen molar-refractivity contribution >= 4 is 7.82 Å². The Bertz CT molecular complexity index is 618. The summed E-state index contributed by atoms with van der Waals surface area (Å²) < 4.78 is 40.0. The molecule has 0 radical (unpaired) electrons. The molecule has 10 heteroatoms. The first-order valence-corrected chi connectivity index (χ1v) is 15.1. The average Bonchev–Trinajstić information content (AvgIpc) is 3.27. The highest BCUT2D eigenvalue weighted by atomic mass is 31.2. The molecule has 3 N–H and O–H groups in total. The Kier molecular flexibility index (Phi) is 14.2. The van der Waals surface area contributed by atoms with Crippen molar-refractivity contribution in [1.29, 1.82) is 0 Å². The number of phosphoric ester groups is 1. The molecular weight excluding hydrogens is 475 g/mol. The second-order valence-corrected chi connectivity index (χ2v) is 11.7. The van der Waals surface area contributed by atoms with E-state index >= 15 is 0 Å². The van der Waals surface area contributed by atoms with Gasteiger partial charge in [-0.25, -0.2) is 4.57 Å². The van der Waals surface area contributed by atoms with Crippen molar-refractivity contribution < 1.29 is 42.9 Å². The van der Waals surface area contributed by atoms with Gasteiger partial charge in [0.1, 0.15) is 24.4 Å². The topological polar surface area (TPSA) is 124 Å². The van der Waals surface area contributed by atoms with E-state index in [1.807, 2.05) is 0 Å². The van der Waals surface area contributed by atoms with Crippen LogP contribution < -0.4 is 0 Å². The van der Waals surface area contributed by atoms with Crippen molar-refractivity contribution in [1.82, 2.24) is 0 Å². The Labute approximate surface area is 211 Å². The van der Waals surface area contributed by atoms with E-state index in [1.165, 1.54) is 70.6 Å². The van der Waals surface area contributed by atoms with Gasteiger partial charge in [-0.15, -0.1) is 0 Å². The number of phosphoric acid groups is 1. The standard InChI is InChI=1S/C25H49O9P/c1-4-5-6-7-8-9-10-11-12-13-14-15-16-17-18-30-35(28,29)34-22-21(20(27)19-26)31-24-23(22)32-25(2,3)33-24/h20-24,26-27H,4-19H2,1-3H3,(H,28,29)/t20-,21-,22+,23-,24-/m1/s1. The summed E-state index contributed by atoms with van der Waals surface area (Å²) in [4.78, 5) is 10.2. The Morgan fingerprint density at radius 3 is 1.91 bits per heavy atom. The van der Waals surface area contributed by atoms with Crippen molar-refractivity contribution in [3.8, 4) is 0 Å². The van der Waals surface area contributed by atoms with Gasteiger partial charge in [-0.3, -0.25) is 9.05 Å². The predicted molar refractivity (Wildman–Crippen MR) is 133 cm³/mol. The van der Waals surface area contributed by atoms with Crippen LogP contribution >= 0.6 is 7.82 Å². The first-order chi connectivity index (χ1) is 16.7. The van der Waals surface area contributed by atoms with Gasteiger partial charge in [-0.1, -0.05) is 90.4 Å². The largest absolute Gasteiger partial charge is 0.472 e. The van der Waals surface area contributed by atoms with Crippen LogP contribution in [0.3, 0.4) is 0 Å². The van der Waals surface area contributed by atoms with Crippen LogP contribution in [0.15, 0.2) is 0 Å². The molecule has 2 aliphatic heterocycles. The van der Waals surface area contributed by atoms with Crippen LogP contribution in [0, 0.1) is 0 Å². The number of fused-ring (bicyclic) bond motifs is 1. The second-order valence-electron chi connectivity index (χ2n) is 10.3. The molecule has 35 heavy (non-hydrogen) atoms. The highest BCUT2D eigenvalue weighted by Gasteiger charge is 2.58. The van der Waals surface area contributed by atoms with Crippen LogP contribution in [0.4, 0.5) is 0 Å². The number of unbranched alkanes of at least 4 members (excludes halogenated alkanes) is 13. The van der Waals surface area contributed by atoms with E-state index in [9.17, 15) is 19.7 Å². The van der Waals surface area contributed by atoms with Gasteiger partial charge in [0.15, 0.2) is 12.1 Å². The van der Waals surface area contributed by atoms with Gasteiger partial charge in [0.25, 0.3) is 0 Å². The van der Waals surface area contributed by atoms with Gasteiger partial charge in [0.2, 0.25) is 0 Å². The van der Waals surface area contributed by atoms with Crippen molar-refractivity contribution in [3.05, 3.63) is 0 Å². The van der Waals surface area contributed by atoms with E-state index in [4.69, 9.17) is 23.3 Å².